The number of nitrogens with zero attached hydrogens (tertiary/aromatic N) is 5. The first-order valence-electron chi connectivity index (χ1n) is 6.57. The molecule has 1 saturated heterocycles. The van der Waals surface area contributed by atoms with E-state index in [-0.39, 0.29) is 0 Å². The number of fused-ring (bicyclic) bond motifs is 3. The molecule has 4 heterocycles. The third-order valence-electron chi connectivity index (χ3n) is 3.65. The number of ether oxygens (including phenoxy) is 1. The van der Waals surface area contributed by atoms with Crippen LogP contribution < -0.4 is 0 Å². The van der Waals surface area contributed by atoms with Crippen molar-refractivity contribution in [2.45, 2.75) is 18.8 Å². The summed E-state index contributed by atoms with van der Waals surface area (Å²) in [5.41, 5.74) is 2.20. The zero-order chi connectivity index (χ0) is 13.5. The Morgan fingerprint density at radius 2 is 2.05 bits per heavy atom. The predicted molar refractivity (Wildman–Crippen MR) is 73.9 cm³/mol. The van der Waals surface area contributed by atoms with Gasteiger partial charge < -0.3 is 4.74 Å². The quantitative estimate of drug-likeness (QED) is 0.643. The van der Waals surface area contributed by atoms with Crippen molar-refractivity contribution in [3.63, 3.8) is 0 Å². The number of halogens is 1. The van der Waals surface area contributed by atoms with Crippen molar-refractivity contribution in [2.75, 3.05) is 13.2 Å². The minimum Gasteiger partial charge on any atom is -0.381 e. The van der Waals surface area contributed by atoms with Gasteiger partial charge in [0.1, 0.15) is 16.5 Å². The van der Waals surface area contributed by atoms with Gasteiger partial charge in [-0.2, -0.15) is 0 Å². The van der Waals surface area contributed by atoms with Crippen LogP contribution in [-0.4, -0.2) is 37.8 Å². The maximum absolute atomic E-state index is 6.01. The van der Waals surface area contributed by atoms with Gasteiger partial charge in [-0.3, -0.25) is 4.40 Å². The van der Waals surface area contributed by atoms with Crippen LogP contribution in [0.25, 0.3) is 16.8 Å². The summed E-state index contributed by atoms with van der Waals surface area (Å²) in [4.78, 5) is 8.73. The van der Waals surface area contributed by atoms with Crippen LogP contribution in [0.3, 0.4) is 0 Å². The fourth-order valence-corrected chi connectivity index (χ4v) is 2.78. The average Bonchev–Trinajstić information content (AvgIpc) is 2.92. The maximum Gasteiger partial charge on any atom is 0.181 e. The number of hydrogen-bond acceptors (Lipinski definition) is 5. The lowest BCUT2D eigenvalue weighted by atomic mass is 9.99. The molecule has 0 spiro atoms. The molecule has 0 amide bonds. The van der Waals surface area contributed by atoms with Crippen LogP contribution in [0.2, 0.25) is 5.15 Å². The number of pyridine rings is 1. The zero-order valence-corrected chi connectivity index (χ0v) is 11.4. The topological polar surface area (TPSA) is 65.2 Å². The Morgan fingerprint density at radius 3 is 2.90 bits per heavy atom. The van der Waals surface area contributed by atoms with E-state index in [1.807, 2.05) is 10.5 Å². The molecule has 0 unspecified atom stereocenters. The Morgan fingerprint density at radius 1 is 1.20 bits per heavy atom. The van der Waals surface area contributed by atoms with Gasteiger partial charge in [0.05, 0.1) is 6.20 Å². The van der Waals surface area contributed by atoms with Gasteiger partial charge in [-0.05, 0) is 25.0 Å². The molecule has 1 fully saturated rings. The monoisotopic (exact) mass is 289 g/mol. The fourth-order valence-electron chi connectivity index (χ4n) is 2.64. The minimum absolute atomic E-state index is 0.338. The van der Waals surface area contributed by atoms with E-state index in [1.54, 1.807) is 12.3 Å². The average molecular weight is 290 g/mol. The van der Waals surface area contributed by atoms with Gasteiger partial charge in [-0.25, -0.2) is 9.97 Å². The second-order valence-corrected chi connectivity index (χ2v) is 5.26. The zero-order valence-electron chi connectivity index (χ0n) is 10.7. The second kappa shape index (κ2) is 4.64. The van der Waals surface area contributed by atoms with Gasteiger partial charge in [0, 0.05) is 19.1 Å². The third kappa shape index (κ3) is 1.83. The molecular formula is C13H12ClN5O. The minimum atomic E-state index is 0.338. The van der Waals surface area contributed by atoms with E-state index in [0.29, 0.717) is 22.4 Å². The van der Waals surface area contributed by atoms with Crippen LogP contribution in [-0.2, 0) is 4.74 Å². The highest BCUT2D eigenvalue weighted by Gasteiger charge is 2.22. The Hall–Kier alpha value is -1.79. The lowest BCUT2D eigenvalue weighted by molar-refractivity contribution is 0.0834. The van der Waals surface area contributed by atoms with Gasteiger partial charge >= 0.3 is 0 Å². The summed E-state index contributed by atoms with van der Waals surface area (Å²) < 4.78 is 7.37. The maximum atomic E-state index is 6.01. The summed E-state index contributed by atoms with van der Waals surface area (Å²) >= 11 is 6.01. The van der Waals surface area contributed by atoms with E-state index >= 15 is 0 Å². The summed E-state index contributed by atoms with van der Waals surface area (Å²) in [6, 6.07) is 3.60. The van der Waals surface area contributed by atoms with E-state index in [9.17, 15) is 0 Å². The molecule has 7 heteroatoms. The van der Waals surface area contributed by atoms with Gasteiger partial charge in [0.15, 0.2) is 11.3 Å². The predicted octanol–water partition coefficient (Wildman–Crippen LogP) is 2.22. The molecule has 0 N–H and O–H groups in total. The summed E-state index contributed by atoms with van der Waals surface area (Å²) in [5, 5.41) is 8.98. The van der Waals surface area contributed by atoms with Crippen LogP contribution in [0.4, 0.5) is 0 Å². The van der Waals surface area contributed by atoms with E-state index in [1.165, 1.54) is 0 Å². The van der Waals surface area contributed by atoms with Crippen LogP contribution >= 0.6 is 11.6 Å². The standard InChI is InChI=1S/C13H12ClN5O/c14-10-2-1-9-13(16-10)19-11(7-15-9)17-18-12(19)8-3-5-20-6-4-8/h1-2,7-8H,3-6H2. The molecule has 3 aromatic heterocycles. The first-order valence-corrected chi connectivity index (χ1v) is 6.95. The number of aromatic nitrogens is 5. The van der Waals surface area contributed by atoms with Crippen molar-refractivity contribution in [3.05, 3.63) is 29.3 Å². The van der Waals surface area contributed by atoms with Gasteiger partial charge in [-0.1, -0.05) is 11.6 Å². The van der Waals surface area contributed by atoms with Gasteiger partial charge in [0.25, 0.3) is 0 Å². The molecule has 6 nitrogen and oxygen atoms in total. The first-order chi connectivity index (χ1) is 9.83. The largest absolute Gasteiger partial charge is 0.381 e. The third-order valence-corrected chi connectivity index (χ3v) is 3.86. The van der Waals surface area contributed by atoms with Crippen LogP contribution in [0.5, 0.6) is 0 Å². The summed E-state index contributed by atoms with van der Waals surface area (Å²) in [7, 11) is 0. The van der Waals surface area contributed by atoms with Gasteiger partial charge in [0.2, 0.25) is 0 Å². The van der Waals surface area contributed by atoms with Crippen molar-refractivity contribution in [1.82, 2.24) is 24.6 Å². The Labute approximate surface area is 119 Å². The molecule has 1 aliphatic heterocycles. The number of hydrogen-bond donors (Lipinski definition) is 0. The smallest absolute Gasteiger partial charge is 0.181 e. The van der Waals surface area contributed by atoms with Crippen molar-refractivity contribution >= 4 is 28.4 Å². The molecule has 3 aromatic rings. The second-order valence-electron chi connectivity index (χ2n) is 4.87. The Bertz CT molecular complexity index is 781. The van der Waals surface area contributed by atoms with Gasteiger partial charge in [-0.15, -0.1) is 10.2 Å². The molecule has 0 aromatic carbocycles. The molecule has 0 atom stereocenters. The normalized spacial score (nSPS) is 17.1. The van der Waals surface area contributed by atoms with Crippen molar-refractivity contribution in [1.29, 1.82) is 0 Å². The summed E-state index contributed by atoms with van der Waals surface area (Å²) in [6.07, 6.45) is 3.62. The lowest BCUT2D eigenvalue weighted by Gasteiger charge is -2.20. The highest BCUT2D eigenvalue weighted by molar-refractivity contribution is 6.29. The van der Waals surface area contributed by atoms with E-state index < -0.39 is 0 Å². The molecule has 0 saturated carbocycles. The summed E-state index contributed by atoms with van der Waals surface area (Å²) in [6.45, 7) is 1.52. The fraction of sp³-hybridized carbons (Fsp3) is 0.385. The lowest BCUT2D eigenvalue weighted by Crippen LogP contribution is -2.16. The summed E-state index contributed by atoms with van der Waals surface area (Å²) in [5.74, 6) is 1.26. The van der Waals surface area contributed by atoms with Crippen molar-refractivity contribution in [2.24, 2.45) is 0 Å². The van der Waals surface area contributed by atoms with E-state index in [4.69, 9.17) is 16.3 Å². The molecule has 0 radical (unpaired) electrons. The SMILES string of the molecule is Clc1ccc2ncc3nnc(C4CCOCC4)n3c2n1. The molecule has 4 rings (SSSR count). The van der Waals surface area contributed by atoms with E-state index in [2.05, 4.69) is 20.2 Å². The highest BCUT2D eigenvalue weighted by atomic mass is 35.5. The molecule has 102 valence electrons. The molecular weight excluding hydrogens is 278 g/mol. The van der Waals surface area contributed by atoms with Crippen molar-refractivity contribution in [3.8, 4) is 0 Å². The Kier molecular flexibility index (Phi) is 2.78. The molecule has 20 heavy (non-hydrogen) atoms. The Balaban J connectivity index is 1.99. The van der Waals surface area contributed by atoms with Crippen LogP contribution in [0.1, 0.15) is 24.6 Å². The first kappa shape index (κ1) is 12.0. The van der Waals surface area contributed by atoms with Crippen LogP contribution in [0.15, 0.2) is 18.3 Å². The molecule has 0 aliphatic carbocycles. The highest BCUT2D eigenvalue weighted by Crippen LogP contribution is 2.27. The molecule has 0 bridgehead atoms. The van der Waals surface area contributed by atoms with E-state index in [0.717, 1.165) is 37.4 Å². The number of rotatable bonds is 1. The van der Waals surface area contributed by atoms with Crippen molar-refractivity contribution < 1.29 is 4.74 Å². The molecule has 1 aliphatic rings. The van der Waals surface area contributed by atoms with Crippen LogP contribution in [0, 0.1) is 0 Å².